The van der Waals surface area contributed by atoms with Crippen LogP contribution in [0, 0.1) is 17.8 Å². The van der Waals surface area contributed by atoms with E-state index < -0.39 is 0 Å². The highest BCUT2D eigenvalue weighted by Gasteiger charge is 2.39. The molecule has 0 unspecified atom stereocenters. The van der Waals surface area contributed by atoms with Crippen molar-refractivity contribution in [3.63, 3.8) is 0 Å². The third-order valence-electron chi connectivity index (χ3n) is 3.44. The van der Waals surface area contributed by atoms with Gasteiger partial charge < -0.3 is 5.32 Å². The van der Waals surface area contributed by atoms with Crippen molar-refractivity contribution in [3.05, 3.63) is 12.2 Å². The third-order valence-corrected chi connectivity index (χ3v) is 4.14. The van der Waals surface area contributed by atoms with Crippen LogP contribution in [0.4, 0.5) is 0 Å². The number of fused-ring (bicyclic) bond motifs is 2. The molecule has 2 bridgehead atoms. The summed E-state index contributed by atoms with van der Waals surface area (Å²) in [7, 11) is 0. The predicted molar refractivity (Wildman–Crippen MR) is 64.9 cm³/mol. The van der Waals surface area contributed by atoms with Gasteiger partial charge in [-0.15, -0.1) is 0 Å². The fourth-order valence-corrected chi connectivity index (χ4v) is 3.07. The van der Waals surface area contributed by atoms with Gasteiger partial charge in [-0.1, -0.05) is 12.2 Å². The molecule has 1 N–H and O–H groups in total. The van der Waals surface area contributed by atoms with Gasteiger partial charge in [-0.2, -0.15) is 11.8 Å². The standard InChI is InChI=1S/C12H19NOS/c1-15-6-2-5-13-12(14)11-8-9-3-4-10(11)7-9/h3-4,9-11H,2,5-8H2,1H3,(H,13,14)/t9-,10-,11+/m0/s1. The number of hydrogen-bond acceptors (Lipinski definition) is 2. The van der Waals surface area contributed by atoms with Crippen molar-refractivity contribution < 1.29 is 4.79 Å². The van der Waals surface area contributed by atoms with Gasteiger partial charge in [-0.05, 0) is 43.1 Å². The molecule has 15 heavy (non-hydrogen) atoms. The van der Waals surface area contributed by atoms with Gasteiger partial charge in [0.2, 0.25) is 5.91 Å². The van der Waals surface area contributed by atoms with Crippen LogP contribution in [0.5, 0.6) is 0 Å². The largest absolute Gasteiger partial charge is 0.356 e. The van der Waals surface area contributed by atoms with Crippen LogP contribution in [-0.4, -0.2) is 24.5 Å². The zero-order valence-corrected chi connectivity index (χ0v) is 10.1. The van der Waals surface area contributed by atoms with E-state index >= 15 is 0 Å². The Hall–Kier alpha value is -0.440. The van der Waals surface area contributed by atoms with E-state index in [0.717, 1.165) is 25.1 Å². The number of thioether (sulfide) groups is 1. The summed E-state index contributed by atoms with van der Waals surface area (Å²) in [4.78, 5) is 11.8. The van der Waals surface area contributed by atoms with Gasteiger partial charge in [0.15, 0.2) is 0 Å². The molecule has 0 saturated heterocycles. The minimum Gasteiger partial charge on any atom is -0.356 e. The van der Waals surface area contributed by atoms with Crippen LogP contribution >= 0.6 is 11.8 Å². The van der Waals surface area contributed by atoms with Gasteiger partial charge in [0, 0.05) is 12.5 Å². The Balaban J connectivity index is 1.70. The van der Waals surface area contributed by atoms with Crippen LogP contribution < -0.4 is 5.32 Å². The SMILES string of the molecule is CSCCCNC(=O)[C@@H]1C[C@H]2C=C[C@H]1C2. The van der Waals surface area contributed by atoms with E-state index in [9.17, 15) is 4.79 Å². The zero-order chi connectivity index (χ0) is 10.7. The number of carbonyl (C=O) groups is 1. The second-order valence-corrected chi connectivity index (χ2v) is 5.51. The maximum Gasteiger partial charge on any atom is 0.223 e. The first-order chi connectivity index (χ1) is 7.31. The first-order valence-electron chi connectivity index (χ1n) is 5.76. The lowest BCUT2D eigenvalue weighted by Gasteiger charge is -2.17. The average molecular weight is 225 g/mol. The summed E-state index contributed by atoms with van der Waals surface area (Å²) in [5, 5.41) is 3.06. The van der Waals surface area contributed by atoms with Gasteiger partial charge in [0.25, 0.3) is 0 Å². The molecule has 2 nitrogen and oxygen atoms in total. The summed E-state index contributed by atoms with van der Waals surface area (Å²) in [5.41, 5.74) is 0. The molecule has 1 fully saturated rings. The smallest absolute Gasteiger partial charge is 0.223 e. The van der Waals surface area contributed by atoms with E-state index in [1.807, 2.05) is 11.8 Å². The maximum absolute atomic E-state index is 11.8. The van der Waals surface area contributed by atoms with Crippen LogP contribution in [0.3, 0.4) is 0 Å². The van der Waals surface area contributed by atoms with Crippen LogP contribution in [0.25, 0.3) is 0 Å². The van der Waals surface area contributed by atoms with Crippen molar-refractivity contribution in [2.45, 2.75) is 19.3 Å². The number of hydrogen-bond donors (Lipinski definition) is 1. The molecule has 0 heterocycles. The molecular weight excluding hydrogens is 206 g/mol. The topological polar surface area (TPSA) is 29.1 Å². The second-order valence-electron chi connectivity index (χ2n) is 4.52. The highest BCUT2D eigenvalue weighted by molar-refractivity contribution is 7.98. The van der Waals surface area contributed by atoms with Gasteiger partial charge in [0.1, 0.15) is 0 Å². The fourth-order valence-electron chi connectivity index (χ4n) is 2.64. The summed E-state index contributed by atoms with van der Waals surface area (Å²) in [5.74, 6) is 2.92. The molecule has 0 spiro atoms. The summed E-state index contributed by atoms with van der Waals surface area (Å²) >= 11 is 1.84. The van der Waals surface area contributed by atoms with Crippen molar-refractivity contribution in [2.24, 2.45) is 17.8 Å². The molecule has 0 aromatic rings. The molecule has 0 aromatic heterocycles. The highest BCUT2D eigenvalue weighted by Crippen LogP contribution is 2.43. The van der Waals surface area contributed by atoms with Crippen LogP contribution in [0.2, 0.25) is 0 Å². The Morgan fingerprint density at radius 2 is 2.33 bits per heavy atom. The van der Waals surface area contributed by atoms with Crippen molar-refractivity contribution in [2.75, 3.05) is 18.6 Å². The molecule has 2 rings (SSSR count). The molecular formula is C12H19NOS. The molecule has 1 amide bonds. The molecule has 0 aliphatic heterocycles. The Morgan fingerprint density at radius 1 is 1.47 bits per heavy atom. The van der Waals surface area contributed by atoms with Crippen LogP contribution in [0.15, 0.2) is 12.2 Å². The second kappa shape index (κ2) is 5.06. The number of carbonyl (C=O) groups excluding carboxylic acids is 1. The van der Waals surface area contributed by atoms with E-state index in [1.54, 1.807) is 0 Å². The number of nitrogens with one attached hydrogen (secondary N) is 1. The van der Waals surface area contributed by atoms with Crippen molar-refractivity contribution in [1.82, 2.24) is 5.32 Å². The number of allylic oxidation sites excluding steroid dienone is 2. The van der Waals surface area contributed by atoms with Crippen LogP contribution in [0.1, 0.15) is 19.3 Å². The van der Waals surface area contributed by atoms with E-state index in [4.69, 9.17) is 0 Å². The van der Waals surface area contributed by atoms with Crippen molar-refractivity contribution in [1.29, 1.82) is 0 Å². The normalized spacial score (nSPS) is 32.2. The van der Waals surface area contributed by atoms with Crippen LogP contribution in [-0.2, 0) is 4.79 Å². The minimum absolute atomic E-state index is 0.272. The average Bonchev–Trinajstić information content (AvgIpc) is 2.85. The number of amides is 1. The number of rotatable bonds is 5. The third kappa shape index (κ3) is 2.57. The van der Waals surface area contributed by atoms with Crippen molar-refractivity contribution in [3.8, 4) is 0 Å². The molecule has 84 valence electrons. The Labute approximate surface area is 95.9 Å². The Morgan fingerprint density at radius 3 is 2.93 bits per heavy atom. The van der Waals surface area contributed by atoms with Crippen molar-refractivity contribution >= 4 is 17.7 Å². The summed E-state index contributed by atoms with van der Waals surface area (Å²) < 4.78 is 0. The molecule has 2 aliphatic rings. The Kier molecular flexibility index (Phi) is 3.73. The maximum atomic E-state index is 11.8. The Bertz CT molecular complexity index is 264. The zero-order valence-electron chi connectivity index (χ0n) is 9.24. The predicted octanol–water partition coefficient (Wildman–Crippen LogP) is 2.07. The molecule has 2 aliphatic carbocycles. The molecule has 1 saturated carbocycles. The lowest BCUT2D eigenvalue weighted by atomic mass is 9.93. The van der Waals surface area contributed by atoms with Gasteiger partial charge in [-0.25, -0.2) is 0 Å². The summed E-state index contributed by atoms with van der Waals surface area (Å²) in [6.45, 7) is 0.845. The minimum atomic E-state index is 0.272. The summed E-state index contributed by atoms with van der Waals surface area (Å²) in [6, 6.07) is 0. The van der Waals surface area contributed by atoms with E-state index in [0.29, 0.717) is 11.8 Å². The van der Waals surface area contributed by atoms with Gasteiger partial charge in [-0.3, -0.25) is 4.79 Å². The van der Waals surface area contributed by atoms with E-state index in [2.05, 4.69) is 23.7 Å². The fraction of sp³-hybridized carbons (Fsp3) is 0.750. The molecule has 0 aromatic carbocycles. The van der Waals surface area contributed by atoms with E-state index in [-0.39, 0.29) is 11.8 Å². The van der Waals surface area contributed by atoms with Gasteiger partial charge in [0.05, 0.1) is 0 Å². The molecule has 0 radical (unpaired) electrons. The van der Waals surface area contributed by atoms with Gasteiger partial charge >= 0.3 is 0 Å². The summed E-state index contributed by atoms with van der Waals surface area (Å²) in [6.07, 6.45) is 9.99. The quantitative estimate of drug-likeness (QED) is 0.573. The monoisotopic (exact) mass is 225 g/mol. The first-order valence-corrected chi connectivity index (χ1v) is 7.15. The highest BCUT2D eigenvalue weighted by atomic mass is 32.2. The molecule has 3 atom stereocenters. The first kappa shape index (κ1) is 11.1. The lowest BCUT2D eigenvalue weighted by Crippen LogP contribution is -2.33. The lowest BCUT2D eigenvalue weighted by molar-refractivity contribution is -0.125. The molecule has 3 heteroatoms. The van der Waals surface area contributed by atoms with E-state index in [1.165, 1.54) is 6.42 Å².